The van der Waals surface area contributed by atoms with E-state index in [4.69, 9.17) is 0 Å². The van der Waals surface area contributed by atoms with Crippen LogP contribution in [0.3, 0.4) is 0 Å². The molecular weight excluding hydrogens is 329 g/mol. The first kappa shape index (κ1) is 18.7. The van der Waals surface area contributed by atoms with E-state index in [0.717, 1.165) is 37.4 Å². The smallest absolute Gasteiger partial charge is 0.224 e. The van der Waals surface area contributed by atoms with Crippen LogP contribution in [0.15, 0.2) is 6.20 Å². The van der Waals surface area contributed by atoms with Gasteiger partial charge in [-0.2, -0.15) is 0 Å². The van der Waals surface area contributed by atoms with Gasteiger partial charge in [-0.1, -0.05) is 0 Å². The number of nitrogens with zero attached hydrogens (tertiary/aromatic N) is 1. The lowest BCUT2D eigenvalue weighted by Gasteiger charge is -2.23. The van der Waals surface area contributed by atoms with Gasteiger partial charge in [-0.15, -0.1) is 36.2 Å². The Hall–Kier alpha value is -0.360. The lowest BCUT2D eigenvalue weighted by Crippen LogP contribution is -2.34. The molecule has 1 saturated heterocycles. The molecular formula is C14H23Cl2N3OS. The molecule has 1 aliphatic heterocycles. The molecule has 1 aliphatic carbocycles. The molecule has 21 heavy (non-hydrogen) atoms. The number of rotatable bonds is 3. The number of carbonyl (C=O) groups is 1. The Morgan fingerprint density at radius 1 is 1.48 bits per heavy atom. The molecule has 120 valence electrons. The number of hydrogen-bond donors (Lipinski definition) is 2. The topological polar surface area (TPSA) is 54.0 Å². The molecule has 2 aliphatic rings. The van der Waals surface area contributed by atoms with Crippen LogP contribution in [0.1, 0.15) is 42.1 Å². The van der Waals surface area contributed by atoms with Crippen LogP contribution in [0, 0.1) is 18.3 Å². The Balaban J connectivity index is 0.00000110. The summed E-state index contributed by atoms with van der Waals surface area (Å²) in [5.41, 5.74) is 0.313. The quantitative estimate of drug-likeness (QED) is 0.880. The summed E-state index contributed by atoms with van der Waals surface area (Å²) in [5, 5.41) is 7.51. The van der Waals surface area contributed by atoms with Crippen molar-refractivity contribution in [3.63, 3.8) is 0 Å². The van der Waals surface area contributed by atoms with Crippen molar-refractivity contribution < 1.29 is 4.79 Å². The largest absolute Gasteiger partial charge is 0.347 e. The Bertz CT molecular complexity index is 488. The van der Waals surface area contributed by atoms with E-state index in [2.05, 4.69) is 15.6 Å². The first-order chi connectivity index (χ1) is 9.11. The molecule has 2 unspecified atom stereocenters. The molecule has 0 aromatic carbocycles. The van der Waals surface area contributed by atoms with Gasteiger partial charge in [0.05, 0.1) is 6.04 Å². The van der Waals surface area contributed by atoms with Crippen LogP contribution in [0.2, 0.25) is 0 Å². The van der Waals surface area contributed by atoms with Gasteiger partial charge in [0.1, 0.15) is 5.01 Å². The summed E-state index contributed by atoms with van der Waals surface area (Å²) in [6, 6.07) is 0.0329. The fourth-order valence-electron chi connectivity index (χ4n) is 3.14. The van der Waals surface area contributed by atoms with Crippen molar-refractivity contribution in [3.8, 4) is 0 Å². The fraction of sp³-hybridized carbons (Fsp3) is 0.714. The van der Waals surface area contributed by atoms with E-state index in [1.165, 1.54) is 4.88 Å². The van der Waals surface area contributed by atoms with Crippen molar-refractivity contribution >= 4 is 42.1 Å². The maximum atomic E-state index is 12.3. The molecule has 0 bridgehead atoms. The first-order valence-electron chi connectivity index (χ1n) is 7.04. The van der Waals surface area contributed by atoms with E-state index in [0.29, 0.717) is 5.41 Å². The lowest BCUT2D eigenvalue weighted by atomic mass is 9.91. The molecule has 1 aromatic rings. The number of aryl methyl sites for hydroxylation is 1. The predicted octanol–water partition coefficient (Wildman–Crippen LogP) is 2.86. The Kier molecular flexibility index (Phi) is 6.47. The fourth-order valence-corrected chi connectivity index (χ4v) is 3.92. The average Bonchev–Trinajstić information content (AvgIpc) is 2.89. The number of nitrogens with one attached hydrogen (secondary N) is 2. The Labute approximate surface area is 142 Å². The number of carbonyl (C=O) groups excluding carboxylic acids is 1. The normalized spacial score (nSPS) is 23.6. The zero-order valence-electron chi connectivity index (χ0n) is 12.3. The van der Waals surface area contributed by atoms with E-state index in [9.17, 15) is 4.79 Å². The first-order valence-corrected chi connectivity index (χ1v) is 7.86. The van der Waals surface area contributed by atoms with Crippen LogP contribution >= 0.6 is 36.2 Å². The van der Waals surface area contributed by atoms with Crippen LogP contribution < -0.4 is 10.6 Å². The second kappa shape index (κ2) is 7.27. The molecule has 2 heterocycles. The number of hydrogen-bond acceptors (Lipinski definition) is 4. The zero-order chi connectivity index (χ0) is 13.5. The highest BCUT2D eigenvalue weighted by molar-refractivity contribution is 7.11. The van der Waals surface area contributed by atoms with Gasteiger partial charge in [-0.3, -0.25) is 4.79 Å². The monoisotopic (exact) mass is 351 g/mol. The average molecular weight is 352 g/mol. The van der Waals surface area contributed by atoms with Gasteiger partial charge in [0, 0.05) is 17.0 Å². The van der Waals surface area contributed by atoms with Crippen molar-refractivity contribution in [2.75, 3.05) is 13.1 Å². The van der Waals surface area contributed by atoms with E-state index in [-0.39, 0.29) is 42.7 Å². The van der Waals surface area contributed by atoms with Crippen molar-refractivity contribution in [1.82, 2.24) is 15.6 Å². The number of halogens is 2. The number of amides is 1. The summed E-state index contributed by atoms with van der Waals surface area (Å²) in [6.07, 6.45) is 5.24. The van der Waals surface area contributed by atoms with Gasteiger partial charge in [0.15, 0.2) is 0 Å². The molecule has 4 nitrogen and oxygen atoms in total. The third kappa shape index (κ3) is 3.89. The van der Waals surface area contributed by atoms with Crippen LogP contribution in [0.25, 0.3) is 0 Å². The highest BCUT2D eigenvalue weighted by Crippen LogP contribution is 2.58. The van der Waals surface area contributed by atoms with Gasteiger partial charge in [-0.25, -0.2) is 4.98 Å². The van der Waals surface area contributed by atoms with Gasteiger partial charge in [0.25, 0.3) is 0 Å². The van der Waals surface area contributed by atoms with Crippen LogP contribution in [0.4, 0.5) is 0 Å². The molecule has 0 radical (unpaired) electrons. The van der Waals surface area contributed by atoms with Crippen LogP contribution in [-0.4, -0.2) is 24.0 Å². The summed E-state index contributed by atoms with van der Waals surface area (Å²) in [7, 11) is 0. The molecule has 3 rings (SSSR count). The number of piperidine rings is 1. The second-order valence-electron chi connectivity index (χ2n) is 5.91. The maximum absolute atomic E-state index is 12.3. The molecule has 2 N–H and O–H groups in total. The summed E-state index contributed by atoms with van der Waals surface area (Å²) in [4.78, 5) is 17.9. The number of aromatic nitrogens is 1. The molecule has 1 amide bonds. The van der Waals surface area contributed by atoms with Gasteiger partial charge >= 0.3 is 0 Å². The second-order valence-corrected chi connectivity index (χ2v) is 7.17. The van der Waals surface area contributed by atoms with Crippen molar-refractivity contribution in [2.45, 2.75) is 39.2 Å². The van der Waals surface area contributed by atoms with Crippen molar-refractivity contribution in [2.24, 2.45) is 11.3 Å². The molecule has 1 aromatic heterocycles. The van der Waals surface area contributed by atoms with Gasteiger partial charge in [0.2, 0.25) is 5.91 Å². The van der Waals surface area contributed by atoms with Gasteiger partial charge < -0.3 is 10.6 Å². The highest BCUT2D eigenvalue weighted by Gasteiger charge is 2.57. The minimum Gasteiger partial charge on any atom is -0.347 e. The van der Waals surface area contributed by atoms with E-state index < -0.39 is 0 Å². The molecule has 7 heteroatoms. The minimum atomic E-state index is 0. The Morgan fingerprint density at radius 2 is 2.14 bits per heavy atom. The Morgan fingerprint density at radius 3 is 2.71 bits per heavy atom. The SMILES string of the molecule is Cc1cnc(C(C)NC(=O)C2CC23CCNCC3)s1.Cl.Cl. The van der Waals surface area contributed by atoms with Crippen molar-refractivity contribution in [3.05, 3.63) is 16.1 Å². The lowest BCUT2D eigenvalue weighted by molar-refractivity contribution is -0.123. The molecule has 2 fully saturated rings. The summed E-state index contributed by atoms with van der Waals surface area (Å²) in [5.74, 6) is 0.459. The van der Waals surface area contributed by atoms with Crippen LogP contribution in [-0.2, 0) is 4.79 Å². The van der Waals surface area contributed by atoms with Crippen molar-refractivity contribution in [1.29, 1.82) is 0 Å². The predicted molar refractivity (Wildman–Crippen MR) is 90.5 cm³/mol. The van der Waals surface area contributed by atoms with E-state index in [1.807, 2.05) is 20.0 Å². The molecule has 1 spiro atoms. The minimum absolute atomic E-state index is 0. The maximum Gasteiger partial charge on any atom is 0.224 e. The van der Waals surface area contributed by atoms with Crippen LogP contribution in [0.5, 0.6) is 0 Å². The third-order valence-electron chi connectivity index (χ3n) is 4.47. The van der Waals surface area contributed by atoms with Gasteiger partial charge in [-0.05, 0) is 51.6 Å². The summed E-state index contributed by atoms with van der Waals surface area (Å²) in [6.45, 7) is 6.18. The summed E-state index contributed by atoms with van der Waals surface area (Å²) >= 11 is 1.66. The molecule has 1 saturated carbocycles. The highest BCUT2D eigenvalue weighted by atomic mass is 35.5. The number of thiazole rings is 1. The standard InChI is InChI=1S/C14H21N3OS.2ClH/c1-9-8-16-13(19-9)10(2)17-12(18)11-7-14(11)3-5-15-6-4-14;;/h8,10-11,15H,3-7H2,1-2H3,(H,17,18);2*1H. The van der Waals surface area contributed by atoms with E-state index in [1.54, 1.807) is 11.3 Å². The van der Waals surface area contributed by atoms with E-state index >= 15 is 0 Å². The zero-order valence-corrected chi connectivity index (χ0v) is 14.8. The summed E-state index contributed by atoms with van der Waals surface area (Å²) < 4.78 is 0. The third-order valence-corrected chi connectivity index (χ3v) is 5.57. The molecule has 2 atom stereocenters.